The van der Waals surface area contributed by atoms with E-state index < -0.39 is 6.10 Å². The number of nitrogens with two attached hydrogens (primary N) is 1. The second kappa shape index (κ2) is 7.21. The molecular weight excluding hydrogens is 306 g/mol. The highest BCUT2D eigenvalue weighted by molar-refractivity contribution is 6.00. The lowest BCUT2D eigenvalue weighted by Gasteiger charge is -2.33. The van der Waals surface area contributed by atoms with Crippen LogP contribution in [0.4, 0.5) is 5.69 Å². The molecule has 1 unspecified atom stereocenters. The number of nitrogens with zero attached hydrogens (tertiary/aromatic N) is 1. The summed E-state index contributed by atoms with van der Waals surface area (Å²) in [5.41, 5.74) is 6.62. The van der Waals surface area contributed by atoms with Gasteiger partial charge in [-0.05, 0) is 44.7 Å². The normalized spacial score (nSPS) is 26.5. The van der Waals surface area contributed by atoms with Crippen molar-refractivity contribution in [2.75, 3.05) is 11.4 Å². The molecule has 0 spiro atoms. The number of fused-ring (bicyclic) bond motifs is 1. The third-order valence-electron chi connectivity index (χ3n) is 4.77. The molecule has 1 fully saturated rings. The first-order valence-corrected chi connectivity index (χ1v) is 8.66. The van der Waals surface area contributed by atoms with Gasteiger partial charge < -0.3 is 20.7 Å². The Morgan fingerprint density at radius 3 is 2.75 bits per heavy atom. The molecule has 0 bridgehead atoms. The zero-order valence-electron chi connectivity index (χ0n) is 14.0. The van der Waals surface area contributed by atoms with Crippen LogP contribution in [0.2, 0.25) is 0 Å². The van der Waals surface area contributed by atoms with E-state index in [9.17, 15) is 9.59 Å². The molecule has 2 amide bonds. The molecular formula is C18H25N3O3. The number of para-hydroxylation sites is 2. The average Bonchev–Trinajstić information content (AvgIpc) is 2.57. The molecule has 3 rings (SSSR count). The van der Waals surface area contributed by atoms with E-state index >= 15 is 0 Å². The van der Waals surface area contributed by atoms with Crippen molar-refractivity contribution in [3.63, 3.8) is 0 Å². The summed E-state index contributed by atoms with van der Waals surface area (Å²) in [6.07, 6.45) is 3.54. The molecule has 3 N–H and O–H groups in total. The minimum absolute atomic E-state index is 0.0140. The highest BCUT2D eigenvalue weighted by atomic mass is 16.5. The van der Waals surface area contributed by atoms with Gasteiger partial charge in [-0.2, -0.15) is 0 Å². The lowest BCUT2D eigenvalue weighted by molar-refractivity contribution is -0.125. The van der Waals surface area contributed by atoms with Crippen LogP contribution in [0, 0.1) is 0 Å². The van der Waals surface area contributed by atoms with Crippen LogP contribution in [0.25, 0.3) is 0 Å². The first kappa shape index (κ1) is 16.8. The molecule has 1 atom stereocenters. The number of carbonyl (C=O) groups excluding carboxylic acids is 2. The van der Waals surface area contributed by atoms with Crippen molar-refractivity contribution < 1.29 is 14.3 Å². The summed E-state index contributed by atoms with van der Waals surface area (Å²) in [7, 11) is 0. The summed E-state index contributed by atoms with van der Waals surface area (Å²) >= 11 is 0. The Morgan fingerprint density at radius 1 is 1.29 bits per heavy atom. The van der Waals surface area contributed by atoms with Crippen LogP contribution in [0.15, 0.2) is 24.3 Å². The van der Waals surface area contributed by atoms with Crippen molar-refractivity contribution in [3.05, 3.63) is 24.3 Å². The van der Waals surface area contributed by atoms with Crippen LogP contribution in [0.3, 0.4) is 0 Å². The predicted molar refractivity (Wildman–Crippen MR) is 91.9 cm³/mol. The van der Waals surface area contributed by atoms with Gasteiger partial charge in [-0.1, -0.05) is 12.1 Å². The number of carbonyl (C=O) groups is 2. The smallest absolute Gasteiger partial charge is 0.267 e. The maximum atomic E-state index is 12.4. The van der Waals surface area contributed by atoms with Crippen LogP contribution in [-0.4, -0.2) is 36.5 Å². The Bertz CT molecular complexity index is 611. The Labute approximate surface area is 142 Å². The van der Waals surface area contributed by atoms with Crippen LogP contribution >= 0.6 is 0 Å². The minimum atomic E-state index is -0.525. The second-order valence-corrected chi connectivity index (χ2v) is 6.65. The number of hydrogen-bond acceptors (Lipinski definition) is 4. The predicted octanol–water partition coefficient (Wildman–Crippen LogP) is 1.58. The molecule has 1 aromatic rings. The zero-order valence-corrected chi connectivity index (χ0v) is 14.0. The van der Waals surface area contributed by atoms with Crippen molar-refractivity contribution in [2.45, 2.75) is 57.2 Å². The Balaban J connectivity index is 1.57. The number of ether oxygens (including phenoxy) is 1. The van der Waals surface area contributed by atoms with Gasteiger partial charge in [-0.15, -0.1) is 0 Å². The molecule has 1 aromatic carbocycles. The molecule has 6 heteroatoms. The van der Waals surface area contributed by atoms with Crippen molar-refractivity contribution >= 4 is 17.5 Å². The van der Waals surface area contributed by atoms with Gasteiger partial charge in [0.05, 0.1) is 5.69 Å². The van der Waals surface area contributed by atoms with Gasteiger partial charge in [0.15, 0.2) is 6.10 Å². The van der Waals surface area contributed by atoms with E-state index in [0.717, 1.165) is 31.4 Å². The van der Waals surface area contributed by atoms with Gasteiger partial charge >= 0.3 is 0 Å². The molecule has 1 saturated carbocycles. The van der Waals surface area contributed by atoms with Crippen LogP contribution in [-0.2, 0) is 9.59 Å². The summed E-state index contributed by atoms with van der Waals surface area (Å²) in [5, 5.41) is 3.07. The maximum absolute atomic E-state index is 12.4. The van der Waals surface area contributed by atoms with E-state index in [4.69, 9.17) is 10.5 Å². The molecule has 24 heavy (non-hydrogen) atoms. The van der Waals surface area contributed by atoms with Crippen LogP contribution < -0.4 is 20.7 Å². The van der Waals surface area contributed by atoms with Gasteiger partial charge in [0, 0.05) is 25.0 Å². The summed E-state index contributed by atoms with van der Waals surface area (Å²) in [6.45, 7) is 2.10. The van der Waals surface area contributed by atoms with Gasteiger partial charge in [0.2, 0.25) is 5.91 Å². The number of nitrogens with one attached hydrogen (secondary N) is 1. The fourth-order valence-electron chi connectivity index (χ4n) is 3.37. The Kier molecular flexibility index (Phi) is 5.04. The van der Waals surface area contributed by atoms with Gasteiger partial charge in [0.25, 0.3) is 5.91 Å². The fourth-order valence-corrected chi connectivity index (χ4v) is 3.37. The van der Waals surface area contributed by atoms with Crippen molar-refractivity contribution in [2.24, 2.45) is 5.73 Å². The van der Waals surface area contributed by atoms with E-state index in [0.29, 0.717) is 12.3 Å². The van der Waals surface area contributed by atoms with Crippen molar-refractivity contribution in [3.8, 4) is 5.75 Å². The molecule has 0 aromatic heterocycles. The summed E-state index contributed by atoms with van der Waals surface area (Å²) in [6, 6.07) is 7.91. The third-order valence-corrected chi connectivity index (χ3v) is 4.77. The van der Waals surface area contributed by atoms with E-state index in [1.165, 1.54) is 0 Å². The quantitative estimate of drug-likeness (QED) is 0.877. The van der Waals surface area contributed by atoms with Gasteiger partial charge in [-0.3, -0.25) is 9.59 Å². The standard InChI is InChI=1S/C18H25N3O3/c1-12-18(23)21(15-4-2-3-5-16(15)24-12)11-10-17(22)20-14-8-6-13(19)7-9-14/h2-5,12-14H,6-11,19H2,1H3,(H,20,22). The molecule has 6 nitrogen and oxygen atoms in total. The Hall–Kier alpha value is -2.08. The highest BCUT2D eigenvalue weighted by Crippen LogP contribution is 2.33. The van der Waals surface area contributed by atoms with Crippen LogP contribution in [0.5, 0.6) is 5.75 Å². The lowest BCUT2D eigenvalue weighted by Crippen LogP contribution is -2.46. The number of amides is 2. The minimum Gasteiger partial charge on any atom is -0.479 e. The summed E-state index contributed by atoms with van der Waals surface area (Å²) in [4.78, 5) is 26.3. The van der Waals surface area contributed by atoms with E-state index in [1.54, 1.807) is 11.8 Å². The molecule has 1 aliphatic carbocycles. The average molecular weight is 331 g/mol. The molecule has 0 saturated heterocycles. The molecule has 1 heterocycles. The third kappa shape index (κ3) is 3.70. The molecule has 2 aliphatic rings. The SMILES string of the molecule is CC1Oc2ccccc2N(CCC(=O)NC2CCC(N)CC2)C1=O. The molecule has 1 aliphatic heterocycles. The first-order valence-electron chi connectivity index (χ1n) is 8.66. The highest BCUT2D eigenvalue weighted by Gasteiger charge is 2.31. The number of anilines is 1. The fraction of sp³-hybridized carbons (Fsp3) is 0.556. The van der Waals surface area contributed by atoms with E-state index in [2.05, 4.69) is 5.32 Å². The van der Waals surface area contributed by atoms with Crippen LogP contribution in [0.1, 0.15) is 39.0 Å². The van der Waals surface area contributed by atoms with Crippen molar-refractivity contribution in [1.82, 2.24) is 5.32 Å². The van der Waals surface area contributed by atoms with Crippen molar-refractivity contribution in [1.29, 1.82) is 0 Å². The number of hydrogen-bond donors (Lipinski definition) is 2. The van der Waals surface area contributed by atoms with E-state index in [-0.39, 0.29) is 30.3 Å². The number of rotatable bonds is 4. The van der Waals surface area contributed by atoms with Gasteiger partial charge in [-0.25, -0.2) is 0 Å². The Morgan fingerprint density at radius 2 is 2.00 bits per heavy atom. The topological polar surface area (TPSA) is 84.7 Å². The van der Waals surface area contributed by atoms with Gasteiger partial charge in [0.1, 0.15) is 5.75 Å². The second-order valence-electron chi connectivity index (χ2n) is 6.65. The summed E-state index contributed by atoms with van der Waals surface area (Å²) in [5.74, 6) is 0.566. The lowest BCUT2D eigenvalue weighted by atomic mass is 9.92. The molecule has 130 valence electrons. The first-order chi connectivity index (χ1) is 11.5. The monoisotopic (exact) mass is 331 g/mol. The zero-order chi connectivity index (χ0) is 17.1. The maximum Gasteiger partial charge on any atom is 0.267 e. The van der Waals surface area contributed by atoms with E-state index in [1.807, 2.05) is 24.3 Å². The number of benzene rings is 1. The molecule has 0 radical (unpaired) electrons. The summed E-state index contributed by atoms with van der Waals surface area (Å²) < 4.78 is 5.61. The largest absolute Gasteiger partial charge is 0.479 e.